The van der Waals surface area contributed by atoms with Crippen molar-refractivity contribution in [2.24, 2.45) is 11.8 Å². The second-order valence-electron chi connectivity index (χ2n) is 12.6. The van der Waals surface area contributed by atoms with Gasteiger partial charge in [-0.25, -0.2) is 4.98 Å². The summed E-state index contributed by atoms with van der Waals surface area (Å²) in [6.45, 7) is 9.19. The van der Waals surface area contributed by atoms with Crippen molar-refractivity contribution in [2.45, 2.75) is 40.5 Å². The summed E-state index contributed by atoms with van der Waals surface area (Å²) >= 11 is 0. The van der Waals surface area contributed by atoms with Gasteiger partial charge in [-0.05, 0) is 97.8 Å². The van der Waals surface area contributed by atoms with Gasteiger partial charge in [0, 0.05) is 5.56 Å². The second kappa shape index (κ2) is 11.2. The number of benzene rings is 6. The summed E-state index contributed by atoms with van der Waals surface area (Å²) in [5, 5.41) is 5.14. The van der Waals surface area contributed by atoms with Crippen molar-refractivity contribution < 1.29 is 4.42 Å². The summed E-state index contributed by atoms with van der Waals surface area (Å²) in [7, 11) is 0. The SMILES string of the molecule is CC(C)Cc1cc(-c2c3ccccc3c(-c3ccccc3)c3ccccc23)c(CC(C)C)cc1-c1nc2ccccc2o1. The predicted molar refractivity (Wildman–Crippen MR) is 182 cm³/mol. The monoisotopic (exact) mass is 559 g/mol. The van der Waals surface area contributed by atoms with Gasteiger partial charge < -0.3 is 4.42 Å². The zero-order chi connectivity index (χ0) is 29.5. The van der Waals surface area contributed by atoms with E-state index in [4.69, 9.17) is 9.40 Å². The van der Waals surface area contributed by atoms with Gasteiger partial charge in [0.2, 0.25) is 5.89 Å². The van der Waals surface area contributed by atoms with Crippen LogP contribution in [0.1, 0.15) is 38.8 Å². The average Bonchev–Trinajstić information content (AvgIpc) is 3.45. The van der Waals surface area contributed by atoms with E-state index in [0.717, 1.165) is 29.5 Å². The van der Waals surface area contributed by atoms with Crippen molar-refractivity contribution >= 4 is 32.6 Å². The van der Waals surface area contributed by atoms with Crippen LogP contribution in [0.15, 0.2) is 120 Å². The molecule has 0 aliphatic heterocycles. The van der Waals surface area contributed by atoms with E-state index in [-0.39, 0.29) is 0 Å². The molecule has 0 unspecified atom stereocenters. The van der Waals surface area contributed by atoms with Gasteiger partial charge in [0.15, 0.2) is 5.58 Å². The maximum atomic E-state index is 6.38. The Labute approximate surface area is 254 Å². The first-order valence-corrected chi connectivity index (χ1v) is 15.5. The minimum atomic E-state index is 0.487. The number of rotatable bonds is 7. The highest BCUT2D eigenvalue weighted by molar-refractivity contribution is 6.21. The van der Waals surface area contributed by atoms with Gasteiger partial charge >= 0.3 is 0 Å². The fourth-order valence-corrected chi connectivity index (χ4v) is 6.66. The lowest BCUT2D eigenvalue weighted by Gasteiger charge is -2.22. The van der Waals surface area contributed by atoms with Crippen LogP contribution in [0.25, 0.3) is 66.4 Å². The van der Waals surface area contributed by atoms with Gasteiger partial charge in [-0.2, -0.15) is 0 Å². The minimum Gasteiger partial charge on any atom is -0.436 e. The topological polar surface area (TPSA) is 26.0 Å². The van der Waals surface area contributed by atoms with Gasteiger partial charge in [-0.15, -0.1) is 0 Å². The van der Waals surface area contributed by atoms with Gasteiger partial charge in [-0.3, -0.25) is 0 Å². The zero-order valence-corrected chi connectivity index (χ0v) is 25.4. The van der Waals surface area contributed by atoms with Gasteiger partial charge in [0.1, 0.15) is 5.52 Å². The summed E-state index contributed by atoms with van der Waals surface area (Å²) in [6, 6.07) is 41.6. The number of hydrogen-bond donors (Lipinski definition) is 0. The lowest BCUT2D eigenvalue weighted by molar-refractivity contribution is 0.611. The van der Waals surface area contributed by atoms with Crippen molar-refractivity contribution in [3.8, 4) is 33.7 Å². The van der Waals surface area contributed by atoms with Crippen LogP contribution in [-0.2, 0) is 12.8 Å². The number of aromatic nitrogens is 1. The predicted octanol–water partition coefficient (Wildman–Crippen LogP) is 11.5. The van der Waals surface area contributed by atoms with E-state index in [2.05, 4.69) is 119 Å². The van der Waals surface area contributed by atoms with E-state index in [1.807, 2.05) is 24.3 Å². The standard InChI is InChI=1S/C41H37NO/c1-26(2)22-29-25-36(41-42-37-20-12-13-21-38(37)43-41)30(23-27(3)4)24-35(29)40-33-18-10-8-16-31(33)39(28-14-6-5-7-15-28)32-17-9-11-19-34(32)40/h5-21,24-27H,22-23H2,1-4H3. The van der Waals surface area contributed by atoms with Crippen LogP contribution >= 0.6 is 0 Å². The van der Waals surface area contributed by atoms with Crippen molar-refractivity contribution in [3.63, 3.8) is 0 Å². The van der Waals surface area contributed by atoms with Crippen molar-refractivity contribution in [2.75, 3.05) is 0 Å². The fourth-order valence-electron chi connectivity index (χ4n) is 6.66. The third-order valence-corrected chi connectivity index (χ3v) is 8.37. The van der Waals surface area contributed by atoms with Crippen LogP contribution in [0, 0.1) is 11.8 Å². The van der Waals surface area contributed by atoms with Crippen molar-refractivity contribution in [1.82, 2.24) is 4.98 Å². The lowest BCUT2D eigenvalue weighted by atomic mass is 9.81. The normalized spacial score (nSPS) is 11.9. The van der Waals surface area contributed by atoms with E-state index in [0.29, 0.717) is 17.7 Å². The van der Waals surface area contributed by atoms with Crippen LogP contribution in [0.5, 0.6) is 0 Å². The zero-order valence-electron chi connectivity index (χ0n) is 25.4. The molecule has 0 aliphatic carbocycles. The first-order chi connectivity index (χ1) is 21.0. The van der Waals surface area contributed by atoms with Crippen molar-refractivity contribution in [3.05, 3.63) is 126 Å². The average molecular weight is 560 g/mol. The molecule has 43 heavy (non-hydrogen) atoms. The largest absolute Gasteiger partial charge is 0.436 e. The van der Waals surface area contributed by atoms with Crippen molar-refractivity contribution in [1.29, 1.82) is 0 Å². The molecule has 1 aromatic heterocycles. The van der Waals surface area contributed by atoms with E-state index in [9.17, 15) is 0 Å². The van der Waals surface area contributed by atoms with E-state index in [1.54, 1.807) is 0 Å². The van der Waals surface area contributed by atoms with E-state index >= 15 is 0 Å². The summed E-state index contributed by atoms with van der Waals surface area (Å²) < 4.78 is 6.38. The molecule has 0 spiro atoms. The summed E-state index contributed by atoms with van der Waals surface area (Å²) in [6.07, 6.45) is 1.91. The van der Waals surface area contributed by atoms with Gasteiger partial charge in [-0.1, -0.05) is 125 Å². The molecule has 1 heterocycles. The summed E-state index contributed by atoms with van der Waals surface area (Å²) in [5.74, 6) is 1.69. The minimum absolute atomic E-state index is 0.487. The third kappa shape index (κ3) is 5.02. The molecule has 7 rings (SSSR count). The third-order valence-electron chi connectivity index (χ3n) is 8.37. The first kappa shape index (κ1) is 27.2. The van der Waals surface area contributed by atoms with Crippen LogP contribution in [0.3, 0.4) is 0 Å². The molecule has 2 heteroatoms. The number of oxazole rings is 1. The Morgan fingerprint density at radius 2 is 1.02 bits per heavy atom. The Kier molecular flexibility index (Phi) is 7.07. The number of nitrogens with zero attached hydrogens (tertiary/aromatic N) is 1. The fraction of sp³-hybridized carbons (Fsp3) is 0.195. The van der Waals surface area contributed by atoms with Gasteiger partial charge in [0.25, 0.3) is 0 Å². The molecule has 0 atom stereocenters. The van der Waals surface area contributed by atoms with Gasteiger partial charge in [0.05, 0.1) is 0 Å². The first-order valence-electron chi connectivity index (χ1n) is 15.5. The molecule has 0 saturated heterocycles. The molecule has 0 saturated carbocycles. The molecule has 0 fully saturated rings. The Morgan fingerprint density at radius 1 is 0.535 bits per heavy atom. The summed E-state index contributed by atoms with van der Waals surface area (Å²) in [4.78, 5) is 4.95. The molecule has 6 aromatic carbocycles. The maximum Gasteiger partial charge on any atom is 0.227 e. The Balaban J connectivity index is 1.57. The molecular formula is C41H37NO. The quantitative estimate of drug-likeness (QED) is 0.182. The van der Waals surface area contributed by atoms with Crippen LogP contribution in [-0.4, -0.2) is 4.98 Å². The lowest BCUT2D eigenvalue weighted by Crippen LogP contribution is -2.04. The molecule has 0 amide bonds. The highest BCUT2D eigenvalue weighted by Crippen LogP contribution is 2.46. The number of fused-ring (bicyclic) bond motifs is 3. The molecule has 0 bridgehead atoms. The highest BCUT2D eigenvalue weighted by Gasteiger charge is 2.22. The number of hydrogen-bond acceptors (Lipinski definition) is 2. The molecule has 0 N–H and O–H groups in total. The summed E-state index contributed by atoms with van der Waals surface area (Å²) in [5.41, 5.74) is 10.6. The van der Waals surface area contributed by atoms with Crippen LogP contribution < -0.4 is 0 Å². The molecular weight excluding hydrogens is 522 g/mol. The van der Waals surface area contributed by atoms with Crippen LogP contribution in [0.2, 0.25) is 0 Å². The van der Waals surface area contributed by atoms with E-state index < -0.39 is 0 Å². The van der Waals surface area contributed by atoms with Crippen LogP contribution in [0.4, 0.5) is 0 Å². The molecule has 212 valence electrons. The molecule has 2 nitrogen and oxygen atoms in total. The Morgan fingerprint density at radius 3 is 1.60 bits per heavy atom. The molecule has 7 aromatic rings. The second-order valence-corrected chi connectivity index (χ2v) is 12.6. The maximum absolute atomic E-state index is 6.38. The van der Waals surface area contributed by atoms with E-state index in [1.165, 1.54) is 54.9 Å². The molecule has 0 aliphatic rings. The Hall–Kier alpha value is -4.69. The molecule has 0 radical (unpaired) electrons. The Bertz CT molecular complexity index is 1990. The smallest absolute Gasteiger partial charge is 0.227 e. The number of para-hydroxylation sites is 2. The highest BCUT2D eigenvalue weighted by atomic mass is 16.3.